The number of hydrogen-bond donors (Lipinski definition) is 0. The summed E-state index contributed by atoms with van der Waals surface area (Å²) >= 11 is 1.35. The van der Waals surface area contributed by atoms with Gasteiger partial charge in [0.25, 0.3) is 5.56 Å². The summed E-state index contributed by atoms with van der Waals surface area (Å²) < 4.78 is 6.83. The molecule has 0 N–H and O–H groups in total. The van der Waals surface area contributed by atoms with Gasteiger partial charge in [-0.25, -0.2) is 4.98 Å². The molecule has 1 amide bonds. The van der Waals surface area contributed by atoms with Crippen molar-refractivity contribution in [3.8, 4) is 0 Å². The molecule has 7 nitrogen and oxygen atoms in total. The summed E-state index contributed by atoms with van der Waals surface area (Å²) in [6, 6.07) is 15.9. The fourth-order valence-corrected chi connectivity index (χ4v) is 5.19. The second kappa shape index (κ2) is 11.6. The van der Waals surface area contributed by atoms with Crippen molar-refractivity contribution in [2.75, 3.05) is 45.6 Å². The molecule has 4 rings (SSSR count). The molecule has 1 saturated heterocycles. The number of benzene rings is 2. The lowest BCUT2D eigenvalue weighted by molar-refractivity contribution is -0.130. The molecule has 1 aliphatic heterocycles. The van der Waals surface area contributed by atoms with Crippen LogP contribution in [0.3, 0.4) is 0 Å². The number of hydrogen-bond acceptors (Lipinski definition) is 6. The van der Waals surface area contributed by atoms with Gasteiger partial charge in [-0.1, -0.05) is 53.7 Å². The summed E-state index contributed by atoms with van der Waals surface area (Å²) in [5, 5.41) is 1.19. The molecule has 0 unspecified atom stereocenters. The molecule has 8 heteroatoms. The van der Waals surface area contributed by atoms with Gasteiger partial charge in [-0.2, -0.15) is 0 Å². The highest BCUT2D eigenvalue weighted by Crippen LogP contribution is 2.19. The number of aromatic nitrogens is 2. The Balaban J connectivity index is 1.37. The van der Waals surface area contributed by atoms with Crippen LogP contribution >= 0.6 is 11.8 Å². The van der Waals surface area contributed by atoms with Crippen molar-refractivity contribution in [1.29, 1.82) is 0 Å². The second-order valence-corrected chi connectivity index (χ2v) is 9.59. The zero-order valence-electron chi connectivity index (χ0n) is 19.9. The molecule has 1 aromatic heterocycles. The Labute approximate surface area is 204 Å². The topological polar surface area (TPSA) is 67.7 Å². The quantitative estimate of drug-likeness (QED) is 0.266. The zero-order valence-corrected chi connectivity index (χ0v) is 20.7. The highest BCUT2D eigenvalue weighted by molar-refractivity contribution is 7.99. The first-order valence-electron chi connectivity index (χ1n) is 11.7. The Morgan fingerprint density at radius 1 is 1.09 bits per heavy atom. The van der Waals surface area contributed by atoms with E-state index in [0.29, 0.717) is 35.6 Å². The van der Waals surface area contributed by atoms with Gasteiger partial charge in [-0.15, -0.1) is 0 Å². The number of fused-ring (bicyclic) bond motifs is 1. The number of amides is 1. The zero-order chi connectivity index (χ0) is 23.9. The van der Waals surface area contributed by atoms with Crippen LogP contribution in [0.4, 0.5) is 0 Å². The average molecular weight is 481 g/mol. The maximum atomic E-state index is 13.1. The number of nitrogens with zero attached hydrogens (tertiary/aromatic N) is 4. The summed E-state index contributed by atoms with van der Waals surface area (Å²) in [6.45, 7) is 7.26. The van der Waals surface area contributed by atoms with Gasteiger partial charge < -0.3 is 9.64 Å². The lowest BCUT2D eigenvalue weighted by Crippen LogP contribution is -2.48. The highest BCUT2D eigenvalue weighted by Gasteiger charge is 2.22. The van der Waals surface area contributed by atoms with Gasteiger partial charge in [-0.3, -0.25) is 19.1 Å². The van der Waals surface area contributed by atoms with Gasteiger partial charge in [0.2, 0.25) is 5.91 Å². The van der Waals surface area contributed by atoms with Crippen molar-refractivity contribution in [2.45, 2.75) is 31.6 Å². The number of ether oxygens (including phenoxy) is 1. The molecular weight excluding hydrogens is 448 g/mol. The van der Waals surface area contributed by atoms with E-state index in [1.165, 1.54) is 22.9 Å². The van der Waals surface area contributed by atoms with Gasteiger partial charge >= 0.3 is 0 Å². The van der Waals surface area contributed by atoms with E-state index in [2.05, 4.69) is 36.1 Å². The fraction of sp³-hybridized carbons (Fsp3) is 0.423. The van der Waals surface area contributed by atoms with Crippen molar-refractivity contribution < 1.29 is 9.53 Å². The molecule has 0 atom stereocenters. The number of rotatable bonds is 9. The number of aryl methyl sites for hydroxylation is 1. The predicted molar refractivity (Wildman–Crippen MR) is 136 cm³/mol. The van der Waals surface area contributed by atoms with Gasteiger partial charge in [0.15, 0.2) is 5.16 Å². The van der Waals surface area contributed by atoms with Crippen molar-refractivity contribution >= 4 is 28.6 Å². The van der Waals surface area contributed by atoms with Crippen LogP contribution in [0.25, 0.3) is 10.9 Å². The highest BCUT2D eigenvalue weighted by atomic mass is 32.2. The molecule has 3 aromatic rings. The molecule has 0 aliphatic carbocycles. The van der Waals surface area contributed by atoms with Crippen LogP contribution in [0, 0.1) is 6.92 Å². The Morgan fingerprint density at radius 2 is 1.88 bits per heavy atom. The number of thioether (sulfide) groups is 1. The summed E-state index contributed by atoms with van der Waals surface area (Å²) in [6.07, 6.45) is 0.709. The smallest absolute Gasteiger partial charge is 0.262 e. The van der Waals surface area contributed by atoms with Crippen LogP contribution in [-0.4, -0.2) is 70.9 Å². The Bertz CT molecular complexity index is 1190. The number of carbonyl (C=O) groups is 1. The van der Waals surface area contributed by atoms with Crippen molar-refractivity contribution in [2.24, 2.45) is 0 Å². The number of para-hydroxylation sites is 1. The lowest BCUT2D eigenvalue weighted by Gasteiger charge is -2.34. The molecule has 2 aromatic carbocycles. The fourth-order valence-electron chi connectivity index (χ4n) is 4.26. The molecule has 0 saturated carbocycles. The molecule has 1 fully saturated rings. The first kappa shape index (κ1) is 24.4. The molecule has 180 valence electrons. The van der Waals surface area contributed by atoms with E-state index in [1.807, 2.05) is 23.1 Å². The third-order valence-electron chi connectivity index (χ3n) is 6.10. The van der Waals surface area contributed by atoms with Crippen LogP contribution in [0.1, 0.15) is 17.5 Å². The molecule has 34 heavy (non-hydrogen) atoms. The van der Waals surface area contributed by atoms with Crippen LogP contribution in [0.2, 0.25) is 0 Å². The second-order valence-electron chi connectivity index (χ2n) is 8.65. The van der Waals surface area contributed by atoms with E-state index in [1.54, 1.807) is 17.7 Å². The van der Waals surface area contributed by atoms with Crippen LogP contribution in [0.15, 0.2) is 58.5 Å². The molecular formula is C26H32N4O3S. The summed E-state index contributed by atoms with van der Waals surface area (Å²) in [5.41, 5.74) is 3.17. The first-order valence-corrected chi connectivity index (χ1v) is 12.7. The van der Waals surface area contributed by atoms with E-state index in [0.717, 1.165) is 32.7 Å². The van der Waals surface area contributed by atoms with Gasteiger partial charge in [0.1, 0.15) is 0 Å². The summed E-state index contributed by atoms with van der Waals surface area (Å²) in [5.74, 6) is 0.360. The minimum atomic E-state index is -0.0681. The predicted octanol–water partition coefficient (Wildman–Crippen LogP) is 3.18. The first-order chi connectivity index (χ1) is 16.5. The third kappa shape index (κ3) is 6.05. The van der Waals surface area contributed by atoms with Gasteiger partial charge in [-0.05, 0) is 31.0 Å². The Morgan fingerprint density at radius 3 is 2.65 bits per heavy atom. The van der Waals surface area contributed by atoms with Gasteiger partial charge in [0, 0.05) is 53.0 Å². The monoisotopic (exact) mass is 480 g/mol. The normalized spacial score (nSPS) is 14.6. The number of methoxy groups -OCH3 is 1. The minimum absolute atomic E-state index is 0.0681. The van der Waals surface area contributed by atoms with Crippen molar-refractivity contribution in [1.82, 2.24) is 19.4 Å². The minimum Gasteiger partial charge on any atom is -0.385 e. The van der Waals surface area contributed by atoms with E-state index in [9.17, 15) is 9.59 Å². The van der Waals surface area contributed by atoms with Crippen molar-refractivity contribution in [3.63, 3.8) is 0 Å². The standard InChI is InChI=1S/C26H32N4O3S/c1-20-7-5-8-21(17-20)18-28-12-14-29(15-13-28)24(31)19-34-26-27-23-10-4-3-9-22(23)25(32)30(26)11-6-16-33-2/h3-5,7-10,17H,6,11-16,18-19H2,1-2H3. The molecule has 0 spiro atoms. The third-order valence-corrected chi connectivity index (χ3v) is 7.06. The summed E-state index contributed by atoms with van der Waals surface area (Å²) in [7, 11) is 1.65. The van der Waals surface area contributed by atoms with Gasteiger partial charge in [0.05, 0.1) is 16.7 Å². The molecule has 0 radical (unpaired) electrons. The SMILES string of the molecule is COCCCn1c(SCC(=O)N2CCN(Cc3cccc(C)c3)CC2)nc2ccccc2c1=O. The number of carbonyl (C=O) groups excluding carboxylic acids is 1. The number of piperazine rings is 1. The Hall–Kier alpha value is -2.68. The maximum Gasteiger partial charge on any atom is 0.262 e. The maximum absolute atomic E-state index is 13.1. The van der Waals surface area contributed by atoms with E-state index < -0.39 is 0 Å². The van der Waals surface area contributed by atoms with Crippen LogP contribution < -0.4 is 5.56 Å². The van der Waals surface area contributed by atoms with E-state index >= 15 is 0 Å². The van der Waals surface area contributed by atoms with E-state index in [-0.39, 0.29) is 17.2 Å². The molecule has 2 heterocycles. The Kier molecular flexibility index (Phi) is 8.37. The molecule has 1 aliphatic rings. The largest absolute Gasteiger partial charge is 0.385 e. The van der Waals surface area contributed by atoms with Crippen LogP contribution in [0.5, 0.6) is 0 Å². The van der Waals surface area contributed by atoms with E-state index in [4.69, 9.17) is 9.72 Å². The van der Waals surface area contributed by atoms with Crippen molar-refractivity contribution in [3.05, 3.63) is 70.0 Å². The average Bonchev–Trinajstić information content (AvgIpc) is 2.85. The van der Waals surface area contributed by atoms with Crippen LogP contribution in [-0.2, 0) is 22.6 Å². The summed E-state index contributed by atoms with van der Waals surface area (Å²) in [4.78, 5) is 35.0. The molecule has 0 bridgehead atoms. The lowest BCUT2D eigenvalue weighted by atomic mass is 10.1.